The number of likely N-dealkylation sites (N-methyl/N-ethyl adjacent to an activating group) is 1. The van der Waals surface area contributed by atoms with Crippen LogP contribution in [0.2, 0.25) is 0 Å². The minimum absolute atomic E-state index is 0.0206. The number of furan rings is 1. The van der Waals surface area contributed by atoms with E-state index >= 15 is 0 Å². The Hall–Kier alpha value is -2.01. The zero-order chi connectivity index (χ0) is 44.1. The molecule has 0 aliphatic carbocycles. The first-order valence-corrected chi connectivity index (χ1v) is 25.4. The Labute approximate surface area is 365 Å². The summed E-state index contributed by atoms with van der Waals surface area (Å²) in [7, 11) is 1.44. The molecule has 11 nitrogen and oxygen atoms in total. The molecular formula is C48H87NO10P+. The fourth-order valence-corrected chi connectivity index (χ4v) is 8.00. The molecule has 2 heterocycles. The summed E-state index contributed by atoms with van der Waals surface area (Å²) in [5, 5.41) is 0. The summed E-state index contributed by atoms with van der Waals surface area (Å²) in [6, 6.07) is 0. The molecule has 348 valence electrons. The lowest BCUT2D eigenvalue weighted by Crippen LogP contribution is -2.37. The van der Waals surface area contributed by atoms with Gasteiger partial charge in [0.1, 0.15) is 31.3 Å². The summed E-state index contributed by atoms with van der Waals surface area (Å²) in [6.07, 6.45) is 30.9. The standard InChI is InChI=1S/C48H86NO10P/c1-8-10-12-13-19-26-32-45-46(59-45)33-27-21-18-23-29-35-48(51)57-42(39-56-60(52,53)55-37-36-49(5,6)7)38-54-47(50)34-28-22-17-15-14-16-20-25-31-44-41(4)40(3)43(58-44)30-24-11-9-2/h19,26,42,45-46H,8-18,20-25,27-39H2,1-7H3/p+1/b26-19-/t42-,45?,46?/m1/s1. The zero-order valence-corrected chi connectivity index (χ0v) is 40.0. The Bertz CT molecular complexity index is 1370. The van der Waals surface area contributed by atoms with E-state index in [9.17, 15) is 19.0 Å². The molecular weight excluding hydrogens is 781 g/mol. The van der Waals surface area contributed by atoms with Gasteiger partial charge in [-0.15, -0.1) is 0 Å². The first kappa shape index (κ1) is 54.1. The largest absolute Gasteiger partial charge is 0.472 e. The van der Waals surface area contributed by atoms with Gasteiger partial charge in [-0.05, 0) is 76.3 Å². The van der Waals surface area contributed by atoms with Crippen LogP contribution in [-0.4, -0.2) is 87.1 Å². The molecule has 12 heteroatoms. The molecule has 1 aromatic rings. The molecule has 0 radical (unpaired) electrons. The lowest BCUT2D eigenvalue weighted by molar-refractivity contribution is -0.870. The lowest BCUT2D eigenvalue weighted by Gasteiger charge is -2.24. The van der Waals surface area contributed by atoms with Crippen molar-refractivity contribution in [1.82, 2.24) is 0 Å². The monoisotopic (exact) mass is 869 g/mol. The third-order valence-electron chi connectivity index (χ3n) is 11.4. The number of esters is 2. The molecule has 0 spiro atoms. The number of hydrogen-bond donors (Lipinski definition) is 1. The van der Waals surface area contributed by atoms with Crippen LogP contribution in [0, 0.1) is 13.8 Å². The van der Waals surface area contributed by atoms with Gasteiger partial charge in [0.05, 0.1) is 40.0 Å². The number of quaternary nitrogens is 1. The molecule has 1 N–H and O–H groups in total. The molecule has 0 saturated carbocycles. The van der Waals surface area contributed by atoms with Gasteiger partial charge >= 0.3 is 19.8 Å². The second-order valence-electron chi connectivity index (χ2n) is 18.1. The maximum Gasteiger partial charge on any atom is 0.472 e. The van der Waals surface area contributed by atoms with E-state index in [0.29, 0.717) is 36.1 Å². The summed E-state index contributed by atoms with van der Waals surface area (Å²) in [4.78, 5) is 35.6. The van der Waals surface area contributed by atoms with Gasteiger partial charge in [0.15, 0.2) is 6.10 Å². The third-order valence-corrected chi connectivity index (χ3v) is 12.4. The highest BCUT2D eigenvalue weighted by molar-refractivity contribution is 7.47. The number of hydrogen-bond acceptors (Lipinski definition) is 9. The molecule has 1 aliphatic rings. The van der Waals surface area contributed by atoms with Crippen molar-refractivity contribution >= 4 is 19.8 Å². The minimum atomic E-state index is -4.40. The van der Waals surface area contributed by atoms with E-state index in [1.54, 1.807) is 0 Å². The molecule has 0 amide bonds. The van der Waals surface area contributed by atoms with E-state index in [1.165, 1.54) is 74.7 Å². The number of carbonyl (C=O) groups is 2. The minimum Gasteiger partial charge on any atom is -0.466 e. The summed E-state index contributed by atoms with van der Waals surface area (Å²) < 4.78 is 46.5. The smallest absolute Gasteiger partial charge is 0.466 e. The number of allylic oxidation sites excluding steroid dienone is 1. The van der Waals surface area contributed by atoms with Crippen molar-refractivity contribution in [2.75, 3.05) is 47.5 Å². The van der Waals surface area contributed by atoms with Crippen LogP contribution in [-0.2, 0) is 50.3 Å². The maximum atomic E-state index is 12.8. The summed E-state index contributed by atoms with van der Waals surface area (Å²) >= 11 is 0. The van der Waals surface area contributed by atoms with Gasteiger partial charge in [-0.2, -0.15) is 0 Å². The number of phosphoric ester groups is 1. The van der Waals surface area contributed by atoms with Crippen LogP contribution >= 0.6 is 7.82 Å². The van der Waals surface area contributed by atoms with E-state index in [0.717, 1.165) is 89.2 Å². The zero-order valence-electron chi connectivity index (χ0n) is 39.1. The fraction of sp³-hybridized carbons (Fsp3) is 0.833. The van der Waals surface area contributed by atoms with Crippen molar-refractivity contribution in [2.24, 2.45) is 0 Å². The average Bonchev–Trinajstić information content (AvgIpc) is 3.89. The molecule has 1 saturated heterocycles. The highest BCUT2D eigenvalue weighted by atomic mass is 31.2. The Morgan fingerprint density at radius 3 is 1.87 bits per heavy atom. The number of epoxide rings is 1. The van der Waals surface area contributed by atoms with E-state index in [-0.39, 0.29) is 32.0 Å². The molecule has 2 rings (SSSR count). The van der Waals surface area contributed by atoms with E-state index in [2.05, 4.69) is 39.8 Å². The van der Waals surface area contributed by atoms with Crippen LogP contribution in [0.5, 0.6) is 0 Å². The van der Waals surface area contributed by atoms with Crippen LogP contribution < -0.4 is 0 Å². The predicted molar refractivity (Wildman–Crippen MR) is 241 cm³/mol. The number of ether oxygens (including phenoxy) is 3. The molecule has 4 atom stereocenters. The average molecular weight is 869 g/mol. The van der Waals surface area contributed by atoms with Gasteiger partial charge in [-0.25, -0.2) is 4.57 Å². The quantitative estimate of drug-likeness (QED) is 0.0170. The Morgan fingerprint density at radius 2 is 1.25 bits per heavy atom. The van der Waals surface area contributed by atoms with Crippen LogP contribution in [0.3, 0.4) is 0 Å². The van der Waals surface area contributed by atoms with Crippen LogP contribution in [0.1, 0.15) is 191 Å². The first-order valence-electron chi connectivity index (χ1n) is 23.9. The topological polar surface area (TPSA) is 134 Å². The van der Waals surface area contributed by atoms with E-state index in [1.807, 2.05) is 21.1 Å². The van der Waals surface area contributed by atoms with Crippen molar-refractivity contribution in [1.29, 1.82) is 0 Å². The molecule has 60 heavy (non-hydrogen) atoms. The Kier molecular flexibility index (Phi) is 28.7. The van der Waals surface area contributed by atoms with Gasteiger partial charge in [-0.1, -0.05) is 116 Å². The molecule has 1 fully saturated rings. The maximum absolute atomic E-state index is 12.8. The number of carbonyl (C=O) groups excluding carboxylic acids is 2. The number of unbranched alkanes of at least 4 members (excludes halogenated alkanes) is 16. The first-order chi connectivity index (χ1) is 28.7. The van der Waals surface area contributed by atoms with E-state index < -0.39 is 26.5 Å². The fourth-order valence-electron chi connectivity index (χ4n) is 7.26. The van der Waals surface area contributed by atoms with Crippen molar-refractivity contribution in [3.05, 3.63) is 34.8 Å². The van der Waals surface area contributed by atoms with Gasteiger partial charge in [0, 0.05) is 25.7 Å². The number of rotatable bonds is 39. The van der Waals surface area contributed by atoms with Crippen molar-refractivity contribution < 1.29 is 51.2 Å². The van der Waals surface area contributed by atoms with Gasteiger partial charge < -0.3 is 28.0 Å². The van der Waals surface area contributed by atoms with Crippen molar-refractivity contribution in [3.63, 3.8) is 0 Å². The van der Waals surface area contributed by atoms with Gasteiger partial charge in [-0.3, -0.25) is 18.6 Å². The van der Waals surface area contributed by atoms with Crippen LogP contribution in [0.25, 0.3) is 0 Å². The van der Waals surface area contributed by atoms with Crippen molar-refractivity contribution in [3.8, 4) is 0 Å². The summed E-state index contributed by atoms with van der Waals surface area (Å²) in [5.41, 5.74) is 2.66. The normalized spacial score (nSPS) is 16.9. The Balaban J connectivity index is 1.62. The number of phosphoric acid groups is 1. The summed E-state index contributed by atoms with van der Waals surface area (Å²) in [5.74, 6) is 1.50. The van der Waals surface area contributed by atoms with Gasteiger partial charge in [0.2, 0.25) is 0 Å². The predicted octanol–water partition coefficient (Wildman–Crippen LogP) is 12.0. The molecule has 3 unspecified atom stereocenters. The highest BCUT2D eigenvalue weighted by Gasteiger charge is 2.36. The molecule has 0 aromatic carbocycles. The summed E-state index contributed by atoms with van der Waals surface area (Å²) in [6.45, 7) is 8.69. The second-order valence-corrected chi connectivity index (χ2v) is 19.6. The second kappa shape index (κ2) is 31.8. The highest BCUT2D eigenvalue weighted by Crippen LogP contribution is 2.43. The van der Waals surface area contributed by atoms with E-state index in [4.69, 9.17) is 27.7 Å². The molecule has 1 aliphatic heterocycles. The molecule has 1 aromatic heterocycles. The molecule has 0 bridgehead atoms. The van der Waals surface area contributed by atoms with Crippen molar-refractivity contribution in [2.45, 2.75) is 213 Å². The van der Waals surface area contributed by atoms with Crippen LogP contribution in [0.4, 0.5) is 0 Å². The SMILES string of the molecule is CCCCC/C=C\CC1OC1CCCCCCCC(=O)O[C@H](COC(=O)CCCCCCCCCCc1oc(CCCCC)c(C)c1C)COP(=O)(O)OCC[N+](C)(C)C. The number of nitrogens with zero attached hydrogens (tertiary/aromatic N) is 1. The third kappa shape index (κ3) is 27.1. The number of aryl methyl sites for hydroxylation is 2. The van der Waals surface area contributed by atoms with Gasteiger partial charge in [0.25, 0.3) is 0 Å². The van der Waals surface area contributed by atoms with Crippen LogP contribution in [0.15, 0.2) is 16.6 Å². The lowest BCUT2D eigenvalue weighted by atomic mass is 10.0. The Morgan fingerprint density at radius 1 is 0.700 bits per heavy atom.